The molecule has 106 valence electrons. The Morgan fingerprint density at radius 2 is 2.25 bits per heavy atom. The summed E-state index contributed by atoms with van der Waals surface area (Å²) in [6.45, 7) is 2.08. The Hall–Kier alpha value is -2.01. The van der Waals surface area contributed by atoms with Crippen LogP contribution in [0.4, 0.5) is 5.82 Å². The van der Waals surface area contributed by atoms with Crippen LogP contribution in [0.5, 0.6) is 5.75 Å². The Bertz CT molecular complexity index is 610. The van der Waals surface area contributed by atoms with Gasteiger partial charge < -0.3 is 10.1 Å². The number of hydrogen-bond acceptors (Lipinski definition) is 3. The largest absolute Gasteiger partial charge is 0.496 e. The van der Waals surface area contributed by atoms with Crippen LogP contribution in [-0.4, -0.2) is 23.2 Å². The average Bonchev–Trinajstić information content (AvgIpc) is 2.86. The summed E-state index contributed by atoms with van der Waals surface area (Å²) in [5.41, 5.74) is 1.41. The maximum absolute atomic E-state index is 12.2. The van der Waals surface area contributed by atoms with E-state index in [0.717, 1.165) is 18.5 Å². The van der Waals surface area contributed by atoms with Gasteiger partial charge in [0.05, 0.1) is 12.7 Å². The highest BCUT2D eigenvalue weighted by Gasteiger charge is 2.14. The number of anilines is 1. The van der Waals surface area contributed by atoms with E-state index in [1.54, 1.807) is 18.2 Å². The van der Waals surface area contributed by atoms with Crippen molar-refractivity contribution in [3.8, 4) is 5.75 Å². The number of carbonyl (C=O) groups excluding carboxylic acids is 1. The van der Waals surface area contributed by atoms with Crippen molar-refractivity contribution in [2.24, 2.45) is 0 Å². The Morgan fingerprint density at radius 1 is 1.45 bits per heavy atom. The van der Waals surface area contributed by atoms with E-state index in [9.17, 15) is 4.79 Å². The van der Waals surface area contributed by atoms with Gasteiger partial charge in [-0.3, -0.25) is 9.89 Å². The fraction of sp³-hybridized carbons (Fsp3) is 0.286. The molecule has 1 aromatic heterocycles. The van der Waals surface area contributed by atoms with Gasteiger partial charge in [-0.05, 0) is 24.6 Å². The molecule has 0 radical (unpaired) electrons. The number of H-pyrrole nitrogens is 1. The van der Waals surface area contributed by atoms with Crippen LogP contribution in [-0.2, 0) is 6.42 Å². The first-order chi connectivity index (χ1) is 9.63. The van der Waals surface area contributed by atoms with Crippen LogP contribution in [0.2, 0.25) is 5.02 Å². The second kappa shape index (κ2) is 6.43. The molecule has 0 aliphatic heterocycles. The molecule has 1 aromatic carbocycles. The molecule has 0 aliphatic rings. The smallest absolute Gasteiger partial charge is 0.260 e. The maximum atomic E-state index is 12.2. The number of rotatable bonds is 5. The minimum absolute atomic E-state index is 0.284. The van der Waals surface area contributed by atoms with Crippen molar-refractivity contribution in [3.05, 3.63) is 40.5 Å². The number of aromatic amines is 1. The predicted molar refractivity (Wildman–Crippen MR) is 78.5 cm³/mol. The number of nitrogens with one attached hydrogen (secondary N) is 2. The summed E-state index contributed by atoms with van der Waals surface area (Å²) in [7, 11) is 1.50. The van der Waals surface area contributed by atoms with Crippen molar-refractivity contribution < 1.29 is 9.53 Å². The van der Waals surface area contributed by atoms with Crippen molar-refractivity contribution in [2.75, 3.05) is 12.4 Å². The van der Waals surface area contributed by atoms with E-state index in [0.29, 0.717) is 22.2 Å². The first kappa shape index (κ1) is 14.4. The molecule has 2 N–H and O–H groups in total. The van der Waals surface area contributed by atoms with Gasteiger partial charge in [-0.1, -0.05) is 24.9 Å². The molecule has 0 saturated carbocycles. The molecule has 1 heterocycles. The molecule has 5 nitrogen and oxygen atoms in total. The Balaban J connectivity index is 2.15. The number of halogens is 1. The van der Waals surface area contributed by atoms with Crippen LogP contribution in [0.15, 0.2) is 24.3 Å². The lowest BCUT2D eigenvalue weighted by molar-refractivity contribution is 0.102. The lowest BCUT2D eigenvalue weighted by atomic mass is 10.2. The van der Waals surface area contributed by atoms with Crippen LogP contribution in [0.1, 0.15) is 29.4 Å². The number of ether oxygens (including phenoxy) is 1. The monoisotopic (exact) mass is 293 g/mol. The molecule has 2 aromatic rings. The standard InChI is InChI=1S/C14H16ClN3O2/c1-3-4-10-8-13(18-17-10)16-14(19)11-6-5-9(15)7-12(11)20-2/h5-8H,3-4H2,1-2H3,(H2,16,17,18,19). The van der Waals surface area contributed by atoms with E-state index in [1.807, 2.05) is 6.07 Å². The Kier molecular flexibility index (Phi) is 4.63. The molecule has 0 bridgehead atoms. The number of aromatic nitrogens is 2. The van der Waals surface area contributed by atoms with E-state index in [-0.39, 0.29) is 5.91 Å². The van der Waals surface area contributed by atoms with E-state index in [2.05, 4.69) is 22.4 Å². The van der Waals surface area contributed by atoms with Gasteiger partial charge in [0.1, 0.15) is 5.75 Å². The number of amides is 1. The second-order valence-corrected chi connectivity index (χ2v) is 4.76. The molecule has 1 amide bonds. The number of carbonyl (C=O) groups is 1. The molecule has 6 heteroatoms. The molecule has 0 saturated heterocycles. The molecule has 0 unspecified atom stereocenters. The topological polar surface area (TPSA) is 67.0 Å². The lowest BCUT2D eigenvalue weighted by Crippen LogP contribution is -2.13. The SMILES string of the molecule is CCCc1cc(NC(=O)c2ccc(Cl)cc2OC)n[nH]1. The van der Waals surface area contributed by atoms with Crippen molar-refractivity contribution in [2.45, 2.75) is 19.8 Å². The van der Waals surface area contributed by atoms with E-state index in [1.165, 1.54) is 7.11 Å². The summed E-state index contributed by atoms with van der Waals surface area (Å²) in [5, 5.41) is 10.2. The number of nitrogens with zero attached hydrogens (tertiary/aromatic N) is 1. The zero-order valence-electron chi connectivity index (χ0n) is 11.4. The number of benzene rings is 1. The quantitative estimate of drug-likeness (QED) is 0.889. The maximum Gasteiger partial charge on any atom is 0.260 e. The fourth-order valence-corrected chi connectivity index (χ4v) is 2.02. The van der Waals surface area contributed by atoms with Gasteiger partial charge in [0, 0.05) is 16.8 Å². The zero-order valence-corrected chi connectivity index (χ0v) is 12.1. The molecule has 0 aliphatic carbocycles. The van der Waals surface area contributed by atoms with Crippen LogP contribution in [0, 0.1) is 0 Å². The molecule has 0 atom stereocenters. The third kappa shape index (κ3) is 3.30. The summed E-state index contributed by atoms with van der Waals surface area (Å²) in [6, 6.07) is 6.69. The van der Waals surface area contributed by atoms with Crippen molar-refractivity contribution in [1.29, 1.82) is 0 Å². The Morgan fingerprint density at radius 3 is 2.95 bits per heavy atom. The third-order valence-corrected chi connectivity index (χ3v) is 3.04. The lowest BCUT2D eigenvalue weighted by Gasteiger charge is -2.08. The predicted octanol–water partition coefficient (Wildman–Crippen LogP) is 3.28. The second-order valence-electron chi connectivity index (χ2n) is 4.33. The van der Waals surface area contributed by atoms with E-state index >= 15 is 0 Å². The molecule has 2 rings (SSSR count). The van der Waals surface area contributed by atoms with Gasteiger partial charge in [0.25, 0.3) is 5.91 Å². The first-order valence-electron chi connectivity index (χ1n) is 6.33. The summed E-state index contributed by atoms with van der Waals surface area (Å²) >= 11 is 5.87. The number of methoxy groups -OCH3 is 1. The minimum Gasteiger partial charge on any atom is -0.496 e. The van der Waals surface area contributed by atoms with Crippen LogP contribution in [0.3, 0.4) is 0 Å². The van der Waals surface area contributed by atoms with Crippen LogP contribution in [0.25, 0.3) is 0 Å². The highest BCUT2D eigenvalue weighted by atomic mass is 35.5. The zero-order chi connectivity index (χ0) is 14.5. The first-order valence-corrected chi connectivity index (χ1v) is 6.71. The van der Waals surface area contributed by atoms with Crippen molar-refractivity contribution in [1.82, 2.24) is 10.2 Å². The average molecular weight is 294 g/mol. The normalized spacial score (nSPS) is 10.3. The number of aryl methyl sites for hydroxylation is 1. The van der Waals surface area contributed by atoms with Crippen molar-refractivity contribution >= 4 is 23.3 Å². The van der Waals surface area contributed by atoms with Crippen LogP contribution >= 0.6 is 11.6 Å². The van der Waals surface area contributed by atoms with Gasteiger partial charge in [-0.15, -0.1) is 0 Å². The minimum atomic E-state index is -0.284. The summed E-state index contributed by atoms with van der Waals surface area (Å²) < 4.78 is 5.16. The third-order valence-electron chi connectivity index (χ3n) is 2.80. The van der Waals surface area contributed by atoms with Crippen LogP contribution < -0.4 is 10.1 Å². The van der Waals surface area contributed by atoms with Crippen molar-refractivity contribution in [3.63, 3.8) is 0 Å². The molecule has 20 heavy (non-hydrogen) atoms. The molecule has 0 fully saturated rings. The summed E-state index contributed by atoms with van der Waals surface area (Å²) in [4.78, 5) is 12.2. The van der Waals surface area contributed by atoms with Gasteiger partial charge >= 0.3 is 0 Å². The summed E-state index contributed by atoms with van der Waals surface area (Å²) in [6.07, 6.45) is 1.91. The fourth-order valence-electron chi connectivity index (χ4n) is 1.86. The molecular formula is C14H16ClN3O2. The molecule has 0 spiro atoms. The Labute approximate surface area is 122 Å². The molecular weight excluding hydrogens is 278 g/mol. The van der Waals surface area contributed by atoms with Gasteiger partial charge in [0.15, 0.2) is 5.82 Å². The van der Waals surface area contributed by atoms with E-state index < -0.39 is 0 Å². The van der Waals surface area contributed by atoms with E-state index in [4.69, 9.17) is 16.3 Å². The summed E-state index contributed by atoms with van der Waals surface area (Å²) in [5.74, 6) is 0.642. The van der Waals surface area contributed by atoms with Gasteiger partial charge in [0.2, 0.25) is 0 Å². The van der Waals surface area contributed by atoms with Gasteiger partial charge in [-0.2, -0.15) is 5.10 Å². The highest BCUT2D eigenvalue weighted by Crippen LogP contribution is 2.24. The highest BCUT2D eigenvalue weighted by molar-refractivity contribution is 6.31. The number of hydrogen-bond donors (Lipinski definition) is 2. The van der Waals surface area contributed by atoms with Gasteiger partial charge in [-0.25, -0.2) is 0 Å².